The predicted octanol–water partition coefficient (Wildman–Crippen LogP) is 17.1. The minimum atomic E-state index is -0.122. The number of aryl methyl sites for hydroxylation is 1. The normalized spacial score (nSPS) is 18.6. The molecule has 2 atom stereocenters. The Morgan fingerprint density at radius 1 is 0.453 bits per heavy atom. The van der Waals surface area contributed by atoms with Crippen molar-refractivity contribution in [2.75, 3.05) is 14.7 Å². The third-order valence-corrected chi connectivity index (χ3v) is 19.6. The van der Waals surface area contributed by atoms with E-state index < -0.39 is 0 Å². The minimum Gasteiger partial charge on any atom is -0.334 e. The zero-order valence-corrected chi connectivity index (χ0v) is 43.4. The van der Waals surface area contributed by atoms with E-state index >= 15 is 0 Å². The largest absolute Gasteiger partial charge is 0.334 e. The summed E-state index contributed by atoms with van der Waals surface area (Å²) in [7, 11) is 0. The van der Waals surface area contributed by atoms with Gasteiger partial charge in [-0.25, -0.2) is 0 Å². The number of rotatable bonds is 5. The minimum absolute atomic E-state index is 0.0263. The van der Waals surface area contributed by atoms with Gasteiger partial charge in [0.2, 0.25) is 0 Å². The van der Waals surface area contributed by atoms with Crippen LogP contribution in [0.15, 0.2) is 212 Å². The molecule has 0 saturated heterocycles. The van der Waals surface area contributed by atoms with E-state index in [1.165, 1.54) is 157 Å². The number of anilines is 8. The Labute approximate surface area is 444 Å². The Bertz CT molecular complexity index is 4200. The van der Waals surface area contributed by atoms with E-state index in [1.807, 2.05) is 11.3 Å². The van der Waals surface area contributed by atoms with Crippen molar-refractivity contribution in [1.29, 1.82) is 0 Å². The molecule has 1 fully saturated rings. The second-order valence-corrected chi connectivity index (χ2v) is 23.4. The highest BCUT2D eigenvalue weighted by molar-refractivity contribution is 7.26. The summed E-state index contributed by atoms with van der Waals surface area (Å²) in [5.41, 5.74) is 27.1. The average Bonchev–Trinajstić information content (AvgIpc) is 4.11. The van der Waals surface area contributed by atoms with Crippen LogP contribution in [0, 0.1) is 6.92 Å². The van der Waals surface area contributed by atoms with Crippen molar-refractivity contribution in [1.82, 2.24) is 0 Å². The fourth-order valence-corrected chi connectivity index (χ4v) is 15.9. The standard InChI is InChI=1S/C70H54BN3S/c1-44-37-64-67-65(38-44)73(62-25-16-24-55-54-23-12-13-26-66(54)75-68(55)62)63-43-52(74-60-33-28-47(45-17-6-4-7-18-45)40-57(60)69(2)35-14-15-36-70(69,74)3)31-32-58(63)71(67)59-41-48(46-19-8-5-9-20-46)29-34-61(59)72(64)51-30-27-50-39-49-21-10-11-22-53(49)56(50)42-51/h4-13,16-34,37-38,40-43H,14-15,35-36,39H2,1-3H3. The highest BCUT2D eigenvalue weighted by Crippen LogP contribution is 2.62. The maximum atomic E-state index is 2.78. The molecule has 5 heteroatoms. The molecular formula is C70H54BN3S. The van der Waals surface area contributed by atoms with Crippen molar-refractivity contribution < 1.29 is 0 Å². The molecule has 0 N–H and O–H groups in total. The van der Waals surface area contributed by atoms with Crippen LogP contribution in [0.25, 0.3) is 53.6 Å². The molecule has 75 heavy (non-hydrogen) atoms. The van der Waals surface area contributed by atoms with Crippen molar-refractivity contribution in [3.8, 4) is 33.4 Å². The summed E-state index contributed by atoms with van der Waals surface area (Å²) in [4.78, 5) is 8.06. The van der Waals surface area contributed by atoms with Gasteiger partial charge in [0.1, 0.15) is 0 Å². The fraction of sp³-hybridized carbons (Fsp3) is 0.143. The van der Waals surface area contributed by atoms with Gasteiger partial charge in [0.25, 0.3) is 6.71 Å². The lowest BCUT2D eigenvalue weighted by molar-refractivity contribution is 0.195. The molecule has 2 unspecified atom stereocenters. The SMILES string of the molecule is Cc1cc2c3c(c1)N(c1cccc4c1sc1ccccc14)c1cc(N4c5ccc(-c6ccccc6)cc5C5(C)CCCCC45C)ccc1B3c1cc(-c3ccccc3)ccc1N2c1ccc2c(c1)-c1ccccc1C2. The molecule has 1 aromatic heterocycles. The Balaban J connectivity index is 0.969. The monoisotopic (exact) mass is 979 g/mol. The van der Waals surface area contributed by atoms with E-state index in [9.17, 15) is 0 Å². The second kappa shape index (κ2) is 15.9. The van der Waals surface area contributed by atoms with Gasteiger partial charge in [-0.1, -0.05) is 165 Å². The summed E-state index contributed by atoms with van der Waals surface area (Å²) < 4.78 is 2.63. The first-order valence-electron chi connectivity index (χ1n) is 27.0. The number of fused-ring (bicyclic) bond motifs is 13. The maximum Gasteiger partial charge on any atom is 0.252 e. The molecule has 3 aliphatic heterocycles. The van der Waals surface area contributed by atoms with Crippen molar-refractivity contribution in [2.24, 2.45) is 0 Å². The molecule has 4 heterocycles. The first-order chi connectivity index (χ1) is 36.8. The van der Waals surface area contributed by atoms with Gasteiger partial charge in [-0.05, 0) is 172 Å². The van der Waals surface area contributed by atoms with Crippen LogP contribution in [0.4, 0.5) is 45.5 Å². The summed E-state index contributed by atoms with van der Waals surface area (Å²) in [6.45, 7) is 7.42. The number of hydrogen-bond donors (Lipinski definition) is 0. The number of thiophene rings is 1. The fourth-order valence-electron chi connectivity index (χ4n) is 14.7. The molecule has 16 rings (SSSR count). The van der Waals surface area contributed by atoms with Gasteiger partial charge < -0.3 is 14.7 Å². The molecule has 358 valence electrons. The Hall–Kier alpha value is -8.12. The van der Waals surface area contributed by atoms with Gasteiger partial charge in [0.15, 0.2) is 0 Å². The average molecular weight is 980 g/mol. The van der Waals surface area contributed by atoms with Crippen LogP contribution in [0.3, 0.4) is 0 Å². The molecule has 3 nitrogen and oxygen atoms in total. The lowest BCUT2D eigenvalue weighted by Crippen LogP contribution is -2.61. The topological polar surface area (TPSA) is 9.72 Å². The van der Waals surface area contributed by atoms with E-state index in [-0.39, 0.29) is 17.7 Å². The molecule has 0 spiro atoms. The Morgan fingerprint density at radius 3 is 1.96 bits per heavy atom. The maximum absolute atomic E-state index is 2.78. The molecule has 11 aromatic rings. The number of nitrogens with zero attached hydrogens (tertiary/aromatic N) is 3. The third-order valence-electron chi connectivity index (χ3n) is 18.4. The highest BCUT2D eigenvalue weighted by atomic mass is 32.1. The van der Waals surface area contributed by atoms with E-state index in [2.05, 4.69) is 248 Å². The smallest absolute Gasteiger partial charge is 0.252 e. The van der Waals surface area contributed by atoms with Gasteiger partial charge in [0.05, 0.1) is 15.9 Å². The van der Waals surface area contributed by atoms with Gasteiger partial charge in [-0.15, -0.1) is 11.3 Å². The molecule has 5 aliphatic rings. The summed E-state index contributed by atoms with van der Waals surface area (Å²) >= 11 is 1.92. The number of hydrogen-bond acceptors (Lipinski definition) is 4. The van der Waals surface area contributed by atoms with Crippen LogP contribution in [0.5, 0.6) is 0 Å². The molecule has 0 bridgehead atoms. The van der Waals surface area contributed by atoms with Gasteiger partial charge >= 0.3 is 0 Å². The molecule has 1 saturated carbocycles. The molecule has 0 radical (unpaired) electrons. The van der Waals surface area contributed by atoms with Crippen molar-refractivity contribution in [3.63, 3.8) is 0 Å². The first-order valence-corrected chi connectivity index (χ1v) is 27.8. The third kappa shape index (κ3) is 6.10. The zero-order valence-electron chi connectivity index (χ0n) is 42.6. The molecular weight excluding hydrogens is 926 g/mol. The lowest BCUT2D eigenvalue weighted by Gasteiger charge is -2.50. The number of benzene rings is 10. The van der Waals surface area contributed by atoms with Gasteiger partial charge in [-0.2, -0.15) is 0 Å². The predicted molar refractivity (Wildman–Crippen MR) is 320 cm³/mol. The van der Waals surface area contributed by atoms with E-state index in [0.29, 0.717) is 0 Å². The van der Waals surface area contributed by atoms with E-state index in [4.69, 9.17) is 0 Å². The lowest BCUT2D eigenvalue weighted by atomic mass is 9.33. The van der Waals surface area contributed by atoms with Crippen LogP contribution in [-0.2, 0) is 11.8 Å². The Morgan fingerprint density at radius 2 is 1.13 bits per heavy atom. The highest BCUT2D eigenvalue weighted by Gasteiger charge is 2.58. The second-order valence-electron chi connectivity index (χ2n) is 22.4. The quantitative estimate of drug-likeness (QED) is 0.159. The summed E-state index contributed by atoms with van der Waals surface area (Å²) in [5.74, 6) is 0. The first kappa shape index (κ1) is 43.3. The van der Waals surface area contributed by atoms with Crippen LogP contribution in [-0.4, -0.2) is 12.3 Å². The Kier molecular flexibility index (Phi) is 9.21. The van der Waals surface area contributed by atoms with Crippen molar-refractivity contribution >= 4 is 100 Å². The molecule has 0 amide bonds. The van der Waals surface area contributed by atoms with Crippen molar-refractivity contribution in [3.05, 3.63) is 235 Å². The summed E-state index contributed by atoms with van der Waals surface area (Å²) in [6.07, 6.45) is 5.73. The van der Waals surface area contributed by atoms with Crippen molar-refractivity contribution in [2.45, 2.75) is 63.8 Å². The zero-order chi connectivity index (χ0) is 49.7. The summed E-state index contributed by atoms with van der Waals surface area (Å²) in [5, 5.41) is 2.62. The summed E-state index contributed by atoms with van der Waals surface area (Å²) in [6, 6.07) is 81.3. The van der Waals surface area contributed by atoms with Crippen LogP contribution in [0.1, 0.15) is 61.8 Å². The van der Waals surface area contributed by atoms with E-state index in [1.54, 1.807) is 0 Å². The van der Waals surface area contributed by atoms with Gasteiger partial charge in [0, 0.05) is 60.7 Å². The van der Waals surface area contributed by atoms with Crippen LogP contribution < -0.4 is 31.1 Å². The van der Waals surface area contributed by atoms with Crippen LogP contribution in [0.2, 0.25) is 0 Å². The van der Waals surface area contributed by atoms with Gasteiger partial charge in [-0.3, -0.25) is 0 Å². The van der Waals surface area contributed by atoms with Crippen LogP contribution >= 0.6 is 11.3 Å². The van der Waals surface area contributed by atoms with E-state index in [0.717, 1.165) is 12.8 Å². The molecule has 10 aromatic carbocycles. The molecule has 2 aliphatic carbocycles.